The maximum absolute atomic E-state index is 11.9. The molecule has 0 saturated carbocycles. The van der Waals surface area contributed by atoms with Crippen molar-refractivity contribution in [2.45, 2.75) is 6.42 Å². The molecule has 1 aliphatic rings. The number of benzene rings is 2. The number of carbonyl (C=O) groups excluding carboxylic acids is 1. The minimum absolute atomic E-state index is 0.0183. The van der Waals surface area contributed by atoms with Crippen LogP contribution in [0.1, 0.15) is 6.42 Å². The molecule has 0 aromatic heterocycles. The average Bonchev–Trinajstić information content (AvgIpc) is 2.92. The monoisotopic (exact) mass is 235 g/mol. The lowest BCUT2D eigenvalue weighted by Crippen LogP contribution is -2.13. The molecule has 0 radical (unpaired) electrons. The van der Waals surface area contributed by atoms with Gasteiger partial charge in [-0.3, -0.25) is 4.79 Å². The second-order valence-electron chi connectivity index (χ2n) is 4.34. The molecule has 2 heteroatoms. The van der Waals surface area contributed by atoms with E-state index in [4.69, 9.17) is 0 Å². The number of hydrogen-bond donors (Lipinski definition) is 1. The molecule has 1 amide bonds. The highest BCUT2D eigenvalue weighted by atomic mass is 16.1. The molecule has 88 valence electrons. The second kappa shape index (κ2) is 4.49. The topological polar surface area (TPSA) is 29.1 Å². The largest absolute Gasteiger partial charge is 0.322 e. The molecule has 0 saturated heterocycles. The Kier molecular flexibility index (Phi) is 2.69. The molecule has 1 aliphatic carbocycles. The Hall–Kier alpha value is -2.35. The van der Waals surface area contributed by atoms with Crippen molar-refractivity contribution in [3.8, 4) is 0 Å². The first-order valence-corrected chi connectivity index (χ1v) is 5.99. The highest BCUT2D eigenvalue weighted by molar-refractivity contribution is 6.05. The standard InChI is InChI=1S/C16H13NO/c18-16(13-6-2-3-7-13)17-15-10-9-12-5-1-4-8-14(12)11-15/h1-6,8-11H,7H2,(H,17,18). The summed E-state index contributed by atoms with van der Waals surface area (Å²) >= 11 is 0. The van der Waals surface area contributed by atoms with Gasteiger partial charge in [-0.15, -0.1) is 0 Å². The van der Waals surface area contributed by atoms with Crippen LogP contribution in [0.2, 0.25) is 0 Å². The van der Waals surface area contributed by atoms with Crippen LogP contribution in [0.5, 0.6) is 0 Å². The predicted molar refractivity (Wildman–Crippen MR) is 74.4 cm³/mol. The van der Waals surface area contributed by atoms with Crippen molar-refractivity contribution in [3.05, 3.63) is 66.3 Å². The Morgan fingerprint density at radius 2 is 1.89 bits per heavy atom. The number of nitrogens with one attached hydrogen (secondary N) is 1. The van der Waals surface area contributed by atoms with Crippen LogP contribution < -0.4 is 5.32 Å². The lowest BCUT2D eigenvalue weighted by molar-refractivity contribution is -0.112. The molecular weight excluding hydrogens is 222 g/mol. The van der Waals surface area contributed by atoms with Crippen LogP contribution in [0.4, 0.5) is 5.69 Å². The van der Waals surface area contributed by atoms with Crippen LogP contribution in [0, 0.1) is 0 Å². The Morgan fingerprint density at radius 1 is 1.06 bits per heavy atom. The van der Waals surface area contributed by atoms with E-state index in [9.17, 15) is 4.79 Å². The fourth-order valence-corrected chi connectivity index (χ4v) is 2.09. The molecule has 2 aromatic carbocycles. The maximum atomic E-state index is 11.9. The molecule has 1 N–H and O–H groups in total. The summed E-state index contributed by atoms with van der Waals surface area (Å²) in [6.07, 6.45) is 6.47. The highest BCUT2D eigenvalue weighted by Crippen LogP contribution is 2.20. The number of amides is 1. The molecule has 0 spiro atoms. The first kappa shape index (κ1) is 10.8. The summed E-state index contributed by atoms with van der Waals surface area (Å²) in [7, 11) is 0. The van der Waals surface area contributed by atoms with E-state index >= 15 is 0 Å². The van der Waals surface area contributed by atoms with Gasteiger partial charge in [0.15, 0.2) is 0 Å². The van der Waals surface area contributed by atoms with Crippen LogP contribution in [0.25, 0.3) is 10.8 Å². The van der Waals surface area contributed by atoms with Crippen molar-refractivity contribution in [3.63, 3.8) is 0 Å². The molecule has 0 heterocycles. The van der Waals surface area contributed by atoms with Crippen molar-refractivity contribution in [1.82, 2.24) is 0 Å². The molecule has 0 bridgehead atoms. The summed E-state index contributed by atoms with van der Waals surface area (Å²) in [4.78, 5) is 11.9. The average molecular weight is 235 g/mol. The van der Waals surface area contributed by atoms with Crippen LogP contribution >= 0.6 is 0 Å². The normalized spacial score (nSPS) is 13.7. The number of rotatable bonds is 2. The summed E-state index contributed by atoms with van der Waals surface area (Å²) in [5.74, 6) is -0.0183. The van der Waals surface area contributed by atoms with Gasteiger partial charge in [0.25, 0.3) is 5.91 Å². The van der Waals surface area contributed by atoms with E-state index in [1.165, 1.54) is 5.39 Å². The second-order valence-corrected chi connectivity index (χ2v) is 4.34. The summed E-state index contributed by atoms with van der Waals surface area (Å²) in [5, 5.41) is 5.24. The zero-order chi connectivity index (χ0) is 12.4. The number of carbonyl (C=O) groups is 1. The number of anilines is 1. The quantitative estimate of drug-likeness (QED) is 0.845. The van der Waals surface area contributed by atoms with Crippen LogP contribution in [0.15, 0.2) is 66.3 Å². The number of hydrogen-bond acceptors (Lipinski definition) is 1. The van der Waals surface area contributed by atoms with Crippen molar-refractivity contribution in [2.24, 2.45) is 0 Å². The Labute approximate surface area is 106 Å². The number of fused-ring (bicyclic) bond motifs is 1. The van der Waals surface area contributed by atoms with E-state index in [0.717, 1.165) is 23.1 Å². The molecule has 2 aromatic rings. The summed E-state index contributed by atoms with van der Waals surface area (Å²) in [5.41, 5.74) is 1.65. The highest BCUT2D eigenvalue weighted by Gasteiger charge is 2.10. The van der Waals surface area contributed by atoms with Crippen molar-refractivity contribution >= 4 is 22.4 Å². The lowest BCUT2D eigenvalue weighted by atomic mass is 10.1. The zero-order valence-corrected chi connectivity index (χ0v) is 9.89. The lowest BCUT2D eigenvalue weighted by Gasteiger charge is -2.07. The van der Waals surface area contributed by atoms with Gasteiger partial charge in [-0.05, 0) is 29.3 Å². The van der Waals surface area contributed by atoms with Crippen LogP contribution in [-0.2, 0) is 4.79 Å². The van der Waals surface area contributed by atoms with Crippen LogP contribution in [-0.4, -0.2) is 5.91 Å². The summed E-state index contributed by atoms with van der Waals surface area (Å²) in [6, 6.07) is 14.1. The predicted octanol–water partition coefficient (Wildman–Crippen LogP) is 3.66. The molecule has 2 nitrogen and oxygen atoms in total. The van der Waals surface area contributed by atoms with E-state index in [1.54, 1.807) is 0 Å². The Morgan fingerprint density at radius 3 is 2.67 bits per heavy atom. The molecule has 18 heavy (non-hydrogen) atoms. The van der Waals surface area contributed by atoms with Crippen LogP contribution in [0.3, 0.4) is 0 Å². The van der Waals surface area contributed by atoms with E-state index in [2.05, 4.69) is 11.4 Å². The van der Waals surface area contributed by atoms with Gasteiger partial charge in [0.1, 0.15) is 0 Å². The zero-order valence-electron chi connectivity index (χ0n) is 9.89. The molecule has 0 unspecified atom stereocenters. The van der Waals surface area contributed by atoms with Gasteiger partial charge < -0.3 is 5.32 Å². The molecule has 0 atom stereocenters. The van der Waals surface area contributed by atoms with Crippen molar-refractivity contribution in [1.29, 1.82) is 0 Å². The van der Waals surface area contributed by atoms with Gasteiger partial charge in [0.05, 0.1) is 0 Å². The Balaban J connectivity index is 1.84. The maximum Gasteiger partial charge on any atom is 0.251 e. The van der Waals surface area contributed by atoms with E-state index in [1.807, 2.05) is 54.6 Å². The molecule has 0 fully saturated rings. The minimum atomic E-state index is -0.0183. The van der Waals surface area contributed by atoms with E-state index in [0.29, 0.717) is 0 Å². The number of allylic oxidation sites excluding steroid dienone is 3. The molecule has 0 aliphatic heterocycles. The first-order chi connectivity index (χ1) is 8.83. The molecule has 3 rings (SSSR count). The van der Waals surface area contributed by atoms with Gasteiger partial charge >= 0.3 is 0 Å². The third kappa shape index (κ3) is 2.05. The third-order valence-corrected chi connectivity index (χ3v) is 3.07. The van der Waals surface area contributed by atoms with E-state index < -0.39 is 0 Å². The Bertz CT molecular complexity index is 668. The van der Waals surface area contributed by atoms with Gasteiger partial charge in [-0.25, -0.2) is 0 Å². The smallest absolute Gasteiger partial charge is 0.251 e. The third-order valence-electron chi connectivity index (χ3n) is 3.07. The fraction of sp³-hybridized carbons (Fsp3) is 0.0625. The van der Waals surface area contributed by atoms with Gasteiger partial charge in [0.2, 0.25) is 0 Å². The van der Waals surface area contributed by atoms with Gasteiger partial charge in [-0.2, -0.15) is 0 Å². The van der Waals surface area contributed by atoms with Gasteiger partial charge in [0, 0.05) is 11.3 Å². The SMILES string of the molecule is O=C(Nc1ccc2ccccc2c1)C1=CC=CC1. The van der Waals surface area contributed by atoms with Gasteiger partial charge in [-0.1, -0.05) is 48.6 Å². The molecular formula is C16H13NO. The first-order valence-electron chi connectivity index (χ1n) is 5.99. The van der Waals surface area contributed by atoms with Crippen molar-refractivity contribution in [2.75, 3.05) is 5.32 Å². The minimum Gasteiger partial charge on any atom is -0.322 e. The van der Waals surface area contributed by atoms with E-state index in [-0.39, 0.29) is 5.91 Å². The van der Waals surface area contributed by atoms with Crippen molar-refractivity contribution < 1.29 is 4.79 Å². The summed E-state index contributed by atoms with van der Waals surface area (Å²) in [6.45, 7) is 0. The fourth-order valence-electron chi connectivity index (χ4n) is 2.09. The summed E-state index contributed by atoms with van der Waals surface area (Å²) < 4.78 is 0.